The predicted octanol–water partition coefficient (Wildman–Crippen LogP) is 0.702. The fourth-order valence-corrected chi connectivity index (χ4v) is 2.58. The standard InChI is InChI=1S/C8H14O2S/c1-11(2,10)8(6-9)7-4-3-5-7/h6-7H,3-5H2,1-2H3. The molecule has 0 aliphatic heterocycles. The average Bonchev–Trinajstić information content (AvgIpc) is 1.74. The van der Waals surface area contributed by atoms with Crippen LogP contribution in [-0.4, -0.2) is 27.9 Å². The molecule has 0 N–H and O–H groups in total. The molecule has 0 spiro atoms. The number of aldehydes is 1. The lowest BCUT2D eigenvalue weighted by Gasteiger charge is -2.26. The molecule has 64 valence electrons. The van der Waals surface area contributed by atoms with Crippen molar-refractivity contribution in [3.05, 3.63) is 0 Å². The maximum Gasteiger partial charge on any atom is 0.154 e. The maximum atomic E-state index is 11.5. The summed E-state index contributed by atoms with van der Waals surface area (Å²) in [5, 5.41) is 0. The van der Waals surface area contributed by atoms with Crippen LogP contribution in [0.5, 0.6) is 0 Å². The summed E-state index contributed by atoms with van der Waals surface area (Å²) in [7, 11) is -1.98. The highest BCUT2D eigenvalue weighted by Crippen LogP contribution is 2.27. The van der Waals surface area contributed by atoms with Gasteiger partial charge in [0.2, 0.25) is 0 Å². The van der Waals surface area contributed by atoms with Crippen molar-refractivity contribution in [1.29, 1.82) is 0 Å². The van der Waals surface area contributed by atoms with Crippen LogP contribution in [-0.2, 0) is 14.3 Å². The van der Waals surface area contributed by atoms with E-state index < -0.39 is 9.52 Å². The van der Waals surface area contributed by atoms with Crippen molar-refractivity contribution in [1.82, 2.24) is 0 Å². The second-order valence-electron chi connectivity index (χ2n) is 3.38. The zero-order chi connectivity index (χ0) is 8.48. The smallest absolute Gasteiger partial charge is 0.154 e. The molecule has 0 radical (unpaired) electrons. The Kier molecular flexibility index (Phi) is 2.37. The number of hydrogen-bond acceptors (Lipinski definition) is 2. The lowest BCUT2D eigenvalue weighted by molar-refractivity contribution is -0.102. The quantitative estimate of drug-likeness (QED) is 0.456. The summed E-state index contributed by atoms with van der Waals surface area (Å²) >= 11 is 0. The lowest BCUT2D eigenvalue weighted by Crippen LogP contribution is -2.28. The van der Waals surface area contributed by atoms with Crippen molar-refractivity contribution < 1.29 is 9.00 Å². The Morgan fingerprint density at radius 3 is 2.09 bits per heavy atom. The summed E-state index contributed by atoms with van der Waals surface area (Å²) in [6, 6.07) is 0. The minimum atomic E-state index is -1.98. The van der Waals surface area contributed by atoms with Crippen molar-refractivity contribution in [3.63, 3.8) is 0 Å². The van der Waals surface area contributed by atoms with Crippen molar-refractivity contribution in [2.75, 3.05) is 12.5 Å². The van der Waals surface area contributed by atoms with Gasteiger partial charge >= 0.3 is 0 Å². The number of carbonyl (C=O) groups is 1. The zero-order valence-electron chi connectivity index (χ0n) is 7.00. The SMILES string of the molecule is CS(C)(=O)=C(C=O)C1CCC1. The van der Waals surface area contributed by atoms with E-state index in [0.717, 1.165) is 19.1 Å². The number of carbonyl (C=O) groups excluding carboxylic acids is 1. The normalized spacial score (nSPS) is 19.1. The van der Waals surface area contributed by atoms with Crippen LogP contribution in [0, 0.1) is 5.92 Å². The van der Waals surface area contributed by atoms with Crippen molar-refractivity contribution >= 4 is 20.7 Å². The molecule has 1 fully saturated rings. The molecule has 1 rings (SSSR count). The van der Waals surface area contributed by atoms with Gasteiger partial charge in [0.1, 0.15) is 0 Å². The van der Waals surface area contributed by atoms with Gasteiger partial charge in [-0.1, -0.05) is 6.42 Å². The van der Waals surface area contributed by atoms with Crippen LogP contribution in [0.2, 0.25) is 0 Å². The third-order valence-corrected chi connectivity index (χ3v) is 3.76. The van der Waals surface area contributed by atoms with E-state index in [2.05, 4.69) is 0 Å². The molecule has 0 saturated heterocycles. The Labute approximate surface area is 68.0 Å². The Morgan fingerprint density at radius 2 is 2.00 bits per heavy atom. The van der Waals surface area contributed by atoms with Gasteiger partial charge in [-0.15, -0.1) is 0 Å². The van der Waals surface area contributed by atoms with Crippen LogP contribution in [0.4, 0.5) is 0 Å². The topological polar surface area (TPSA) is 34.1 Å². The van der Waals surface area contributed by atoms with E-state index in [0.29, 0.717) is 10.8 Å². The van der Waals surface area contributed by atoms with Crippen molar-refractivity contribution in [2.45, 2.75) is 19.3 Å². The molecule has 0 aromatic heterocycles. The molecular formula is C8H14O2S. The molecule has 0 amide bonds. The Bertz CT molecular complexity index is 260. The van der Waals surface area contributed by atoms with Gasteiger partial charge in [0.15, 0.2) is 6.29 Å². The van der Waals surface area contributed by atoms with E-state index in [9.17, 15) is 9.00 Å². The van der Waals surface area contributed by atoms with Gasteiger partial charge in [0.05, 0.1) is 0 Å². The Balaban J connectivity index is 2.95. The molecule has 0 heterocycles. The first-order valence-corrected chi connectivity index (χ1v) is 6.19. The fourth-order valence-electron chi connectivity index (χ4n) is 1.31. The zero-order valence-corrected chi connectivity index (χ0v) is 7.82. The molecule has 11 heavy (non-hydrogen) atoms. The minimum Gasteiger partial charge on any atom is -0.298 e. The third kappa shape index (κ3) is 1.83. The average molecular weight is 174 g/mol. The van der Waals surface area contributed by atoms with Crippen LogP contribution < -0.4 is 0 Å². The first kappa shape index (κ1) is 8.78. The molecule has 0 aromatic rings. The van der Waals surface area contributed by atoms with E-state index in [1.807, 2.05) is 0 Å². The van der Waals surface area contributed by atoms with Gasteiger partial charge in [0.25, 0.3) is 0 Å². The number of rotatable bonds is 2. The van der Waals surface area contributed by atoms with Crippen molar-refractivity contribution in [3.8, 4) is 0 Å². The number of hydrogen-bond donors (Lipinski definition) is 0. The first-order chi connectivity index (χ1) is 5.05. The first-order valence-electron chi connectivity index (χ1n) is 3.82. The fraction of sp³-hybridized carbons (Fsp3) is 0.750. The highest BCUT2D eigenvalue weighted by Gasteiger charge is 2.24. The predicted molar refractivity (Wildman–Crippen MR) is 48.4 cm³/mol. The molecule has 2 nitrogen and oxygen atoms in total. The second kappa shape index (κ2) is 2.97. The van der Waals surface area contributed by atoms with Gasteiger partial charge in [-0.2, -0.15) is 0 Å². The molecule has 1 aliphatic carbocycles. The molecular weight excluding hydrogens is 160 g/mol. The van der Waals surface area contributed by atoms with Crippen LogP contribution in [0.25, 0.3) is 0 Å². The van der Waals surface area contributed by atoms with Gasteiger partial charge in [-0.05, 0) is 28.3 Å². The van der Waals surface area contributed by atoms with E-state index in [1.54, 1.807) is 12.5 Å². The van der Waals surface area contributed by atoms with E-state index in [1.165, 1.54) is 6.42 Å². The summed E-state index contributed by atoms with van der Waals surface area (Å²) in [5.41, 5.74) is 0. The largest absolute Gasteiger partial charge is 0.298 e. The molecule has 3 heteroatoms. The summed E-state index contributed by atoms with van der Waals surface area (Å²) in [5.74, 6) is 0.329. The van der Waals surface area contributed by atoms with Crippen LogP contribution in [0.3, 0.4) is 0 Å². The molecule has 1 aliphatic rings. The van der Waals surface area contributed by atoms with Gasteiger partial charge < -0.3 is 0 Å². The van der Waals surface area contributed by atoms with Gasteiger partial charge in [0, 0.05) is 17.4 Å². The minimum absolute atomic E-state index is 0.329. The van der Waals surface area contributed by atoms with Gasteiger partial charge in [-0.3, -0.25) is 9.00 Å². The van der Waals surface area contributed by atoms with E-state index >= 15 is 0 Å². The maximum absolute atomic E-state index is 11.5. The van der Waals surface area contributed by atoms with Crippen LogP contribution >= 0.6 is 0 Å². The van der Waals surface area contributed by atoms with E-state index in [-0.39, 0.29) is 0 Å². The lowest BCUT2D eigenvalue weighted by atomic mass is 9.83. The third-order valence-electron chi connectivity index (χ3n) is 2.19. The van der Waals surface area contributed by atoms with Crippen molar-refractivity contribution in [2.24, 2.45) is 5.92 Å². The Hall–Kier alpha value is -0.310. The summed E-state index contributed by atoms with van der Waals surface area (Å²) in [6.07, 6.45) is 7.37. The Morgan fingerprint density at radius 1 is 1.45 bits per heavy atom. The second-order valence-corrected chi connectivity index (χ2v) is 6.32. The molecule has 0 bridgehead atoms. The molecule has 0 atom stereocenters. The van der Waals surface area contributed by atoms with Crippen LogP contribution in [0.1, 0.15) is 19.3 Å². The van der Waals surface area contributed by atoms with Gasteiger partial charge in [-0.25, -0.2) is 0 Å². The molecule has 0 unspecified atom stereocenters. The molecule has 1 saturated carbocycles. The summed E-state index contributed by atoms with van der Waals surface area (Å²) in [6.45, 7) is 0. The monoisotopic (exact) mass is 174 g/mol. The summed E-state index contributed by atoms with van der Waals surface area (Å²) in [4.78, 5) is 11.2. The highest BCUT2D eigenvalue weighted by atomic mass is 32.2. The summed E-state index contributed by atoms with van der Waals surface area (Å²) < 4.78 is 11.5. The highest BCUT2D eigenvalue weighted by molar-refractivity contribution is 8.02. The van der Waals surface area contributed by atoms with Crippen LogP contribution in [0.15, 0.2) is 0 Å². The molecule has 0 aromatic carbocycles. The van der Waals surface area contributed by atoms with E-state index in [4.69, 9.17) is 0 Å².